The maximum Gasteiger partial charge on any atom is 0.126 e. The lowest BCUT2D eigenvalue weighted by atomic mass is 10.2. The van der Waals surface area contributed by atoms with Crippen molar-refractivity contribution in [3.8, 4) is 5.75 Å². The van der Waals surface area contributed by atoms with E-state index in [0.717, 1.165) is 23.8 Å². The third-order valence-electron chi connectivity index (χ3n) is 3.92. The molecule has 1 aliphatic carbocycles. The van der Waals surface area contributed by atoms with E-state index in [1.165, 1.54) is 31.2 Å². The van der Waals surface area contributed by atoms with Crippen molar-refractivity contribution in [2.75, 3.05) is 5.32 Å². The standard InChI is InChI=1S/C18H22N2O/c1-14-7-6-12-18(20-14)19-13-15-8-2-5-11-17(15)21-16-9-3-4-10-16/h2,5-8,11-12,16H,3-4,9-10,13H2,1H3,(H,19,20). The second-order valence-corrected chi connectivity index (χ2v) is 5.65. The van der Waals surface area contributed by atoms with E-state index in [2.05, 4.69) is 28.5 Å². The molecule has 1 aromatic carbocycles. The van der Waals surface area contributed by atoms with Crippen molar-refractivity contribution in [2.45, 2.75) is 45.3 Å². The van der Waals surface area contributed by atoms with Gasteiger partial charge in [-0.15, -0.1) is 0 Å². The third-order valence-corrected chi connectivity index (χ3v) is 3.92. The van der Waals surface area contributed by atoms with Gasteiger partial charge in [-0.1, -0.05) is 24.3 Å². The normalized spacial score (nSPS) is 15.1. The highest BCUT2D eigenvalue weighted by atomic mass is 16.5. The second-order valence-electron chi connectivity index (χ2n) is 5.65. The van der Waals surface area contributed by atoms with Gasteiger partial charge in [-0.2, -0.15) is 0 Å². The summed E-state index contributed by atoms with van der Waals surface area (Å²) in [5, 5.41) is 3.38. The maximum atomic E-state index is 6.16. The van der Waals surface area contributed by atoms with Crippen LogP contribution in [-0.2, 0) is 6.54 Å². The first-order valence-corrected chi connectivity index (χ1v) is 7.73. The predicted molar refractivity (Wildman–Crippen MR) is 85.6 cm³/mol. The van der Waals surface area contributed by atoms with Gasteiger partial charge in [0, 0.05) is 17.8 Å². The molecule has 3 nitrogen and oxygen atoms in total. The molecule has 1 saturated carbocycles. The van der Waals surface area contributed by atoms with E-state index in [0.29, 0.717) is 6.10 Å². The van der Waals surface area contributed by atoms with Crippen LogP contribution in [0.1, 0.15) is 36.9 Å². The van der Waals surface area contributed by atoms with Crippen LogP contribution < -0.4 is 10.1 Å². The van der Waals surface area contributed by atoms with Crippen molar-refractivity contribution in [3.63, 3.8) is 0 Å². The van der Waals surface area contributed by atoms with E-state index < -0.39 is 0 Å². The highest BCUT2D eigenvalue weighted by Gasteiger charge is 2.17. The van der Waals surface area contributed by atoms with Crippen molar-refractivity contribution in [2.24, 2.45) is 0 Å². The predicted octanol–water partition coefficient (Wildman–Crippen LogP) is 4.32. The molecule has 0 saturated heterocycles. The molecule has 1 fully saturated rings. The average Bonchev–Trinajstić information content (AvgIpc) is 2.99. The first-order valence-electron chi connectivity index (χ1n) is 7.73. The highest BCUT2D eigenvalue weighted by molar-refractivity contribution is 5.40. The lowest BCUT2D eigenvalue weighted by Gasteiger charge is -2.17. The number of rotatable bonds is 5. The molecule has 3 rings (SSSR count). The molecule has 0 radical (unpaired) electrons. The van der Waals surface area contributed by atoms with E-state index >= 15 is 0 Å². The van der Waals surface area contributed by atoms with Crippen molar-refractivity contribution in [1.82, 2.24) is 4.98 Å². The topological polar surface area (TPSA) is 34.1 Å². The molecule has 1 heterocycles. The Labute approximate surface area is 126 Å². The average molecular weight is 282 g/mol. The van der Waals surface area contributed by atoms with Crippen LogP contribution in [0.4, 0.5) is 5.82 Å². The van der Waals surface area contributed by atoms with Crippen molar-refractivity contribution >= 4 is 5.82 Å². The molecule has 3 heteroatoms. The molecule has 2 aromatic rings. The molecule has 0 atom stereocenters. The number of para-hydroxylation sites is 1. The zero-order chi connectivity index (χ0) is 14.5. The fraction of sp³-hybridized carbons (Fsp3) is 0.389. The zero-order valence-electron chi connectivity index (χ0n) is 12.5. The van der Waals surface area contributed by atoms with E-state index in [9.17, 15) is 0 Å². The number of aromatic nitrogens is 1. The van der Waals surface area contributed by atoms with Gasteiger partial charge in [-0.3, -0.25) is 0 Å². The lowest BCUT2D eigenvalue weighted by molar-refractivity contribution is 0.208. The minimum absolute atomic E-state index is 0.392. The quantitative estimate of drug-likeness (QED) is 0.886. The Morgan fingerprint density at radius 1 is 1.10 bits per heavy atom. The second kappa shape index (κ2) is 6.61. The molecule has 0 spiro atoms. The summed E-state index contributed by atoms with van der Waals surface area (Å²) >= 11 is 0. The molecule has 0 amide bonds. The number of hydrogen-bond acceptors (Lipinski definition) is 3. The Morgan fingerprint density at radius 3 is 2.71 bits per heavy atom. The van der Waals surface area contributed by atoms with Crippen LogP contribution in [0.5, 0.6) is 5.75 Å². The number of ether oxygens (including phenoxy) is 1. The number of pyridine rings is 1. The lowest BCUT2D eigenvalue weighted by Crippen LogP contribution is -2.13. The van der Waals surface area contributed by atoms with Crippen molar-refractivity contribution in [3.05, 3.63) is 53.7 Å². The molecular weight excluding hydrogens is 260 g/mol. The number of nitrogens with one attached hydrogen (secondary N) is 1. The van der Waals surface area contributed by atoms with Gasteiger partial charge in [0.25, 0.3) is 0 Å². The molecule has 21 heavy (non-hydrogen) atoms. The first-order chi connectivity index (χ1) is 10.3. The summed E-state index contributed by atoms with van der Waals surface area (Å²) in [7, 11) is 0. The van der Waals surface area contributed by atoms with Gasteiger partial charge in [0.2, 0.25) is 0 Å². The summed E-state index contributed by atoms with van der Waals surface area (Å²) in [6, 6.07) is 14.3. The number of anilines is 1. The first kappa shape index (κ1) is 13.9. The van der Waals surface area contributed by atoms with Crippen molar-refractivity contribution in [1.29, 1.82) is 0 Å². The highest BCUT2D eigenvalue weighted by Crippen LogP contribution is 2.27. The van der Waals surface area contributed by atoms with E-state index in [1.807, 2.05) is 31.2 Å². The van der Waals surface area contributed by atoms with Crippen molar-refractivity contribution < 1.29 is 4.74 Å². The summed E-state index contributed by atoms with van der Waals surface area (Å²) in [6.07, 6.45) is 5.34. The largest absolute Gasteiger partial charge is 0.490 e. The molecule has 0 aliphatic heterocycles. The van der Waals surface area contributed by atoms with Gasteiger partial charge >= 0.3 is 0 Å². The minimum atomic E-state index is 0.392. The van der Waals surface area contributed by atoms with E-state index in [1.54, 1.807) is 0 Å². The zero-order valence-corrected chi connectivity index (χ0v) is 12.5. The molecule has 110 valence electrons. The van der Waals surface area contributed by atoms with Crippen LogP contribution in [0.3, 0.4) is 0 Å². The fourth-order valence-electron chi connectivity index (χ4n) is 2.78. The van der Waals surface area contributed by atoms with Gasteiger partial charge < -0.3 is 10.1 Å². The molecule has 0 bridgehead atoms. The number of aryl methyl sites for hydroxylation is 1. The summed E-state index contributed by atoms with van der Waals surface area (Å²) in [4.78, 5) is 4.47. The Bertz CT molecular complexity index is 591. The third kappa shape index (κ3) is 3.75. The molecule has 0 unspecified atom stereocenters. The molecule has 1 aromatic heterocycles. The van der Waals surface area contributed by atoms with Gasteiger partial charge in [-0.05, 0) is 50.8 Å². The van der Waals surface area contributed by atoms with Crippen LogP contribution >= 0.6 is 0 Å². The van der Waals surface area contributed by atoms with Gasteiger partial charge in [-0.25, -0.2) is 4.98 Å². The minimum Gasteiger partial charge on any atom is -0.490 e. The van der Waals surface area contributed by atoms with E-state index in [-0.39, 0.29) is 0 Å². The van der Waals surface area contributed by atoms with Crippen LogP contribution in [-0.4, -0.2) is 11.1 Å². The van der Waals surface area contributed by atoms with Crippen LogP contribution in [0.2, 0.25) is 0 Å². The monoisotopic (exact) mass is 282 g/mol. The van der Waals surface area contributed by atoms with Gasteiger partial charge in [0.1, 0.15) is 11.6 Å². The van der Waals surface area contributed by atoms with Gasteiger partial charge in [0.15, 0.2) is 0 Å². The Balaban J connectivity index is 1.67. The van der Waals surface area contributed by atoms with Gasteiger partial charge in [0.05, 0.1) is 6.10 Å². The number of nitrogens with zero attached hydrogens (tertiary/aromatic N) is 1. The SMILES string of the molecule is Cc1cccc(NCc2ccccc2OC2CCCC2)n1. The summed E-state index contributed by atoms with van der Waals surface area (Å²) < 4.78 is 6.16. The summed E-state index contributed by atoms with van der Waals surface area (Å²) in [5.74, 6) is 1.91. The maximum absolute atomic E-state index is 6.16. The number of benzene rings is 1. The summed E-state index contributed by atoms with van der Waals surface area (Å²) in [6.45, 7) is 2.74. The van der Waals surface area contributed by atoms with Crippen LogP contribution in [0.15, 0.2) is 42.5 Å². The fourth-order valence-corrected chi connectivity index (χ4v) is 2.78. The Kier molecular flexibility index (Phi) is 4.39. The summed E-state index contributed by atoms with van der Waals surface area (Å²) in [5.41, 5.74) is 2.21. The molecule has 1 aliphatic rings. The Hall–Kier alpha value is -2.03. The molecule has 1 N–H and O–H groups in total. The smallest absolute Gasteiger partial charge is 0.126 e. The van der Waals surface area contributed by atoms with E-state index in [4.69, 9.17) is 4.74 Å². The Morgan fingerprint density at radius 2 is 1.90 bits per heavy atom. The molecular formula is C18H22N2O. The van der Waals surface area contributed by atoms with Crippen LogP contribution in [0, 0.1) is 6.92 Å². The van der Waals surface area contributed by atoms with Crippen LogP contribution in [0.25, 0.3) is 0 Å². The number of hydrogen-bond donors (Lipinski definition) is 1.